The second-order valence-electron chi connectivity index (χ2n) is 6.26. The van der Waals surface area contributed by atoms with Gasteiger partial charge < -0.3 is 15.6 Å². The van der Waals surface area contributed by atoms with Crippen LogP contribution in [0.4, 0.5) is 19.1 Å². The summed E-state index contributed by atoms with van der Waals surface area (Å²) in [4.78, 5) is 7.20. The molecule has 0 radical (unpaired) electrons. The highest BCUT2D eigenvalue weighted by atomic mass is 19.4. The van der Waals surface area contributed by atoms with Gasteiger partial charge in [0.25, 0.3) is 0 Å². The van der Waals surface area contributed by atoms with E-state index in [1.54, 1.807) is 0 Å². The van der Waals surface area contributed by atoms with Gasteiger partial charge in [-0.1, -0.05) is 13.8 Å². The largest absolute Gasteiger partial charge is 0.435 e. The summed E-state index contributed by atoms with van der Waals surface area (Å²) in [5.74, 6) is 0.313. The van der Waals surface area contributed by atoms with Crippen molar-refractivity contribution in [3.63, 3.8) is 0 Å². The standard InChI is InChI=1S/C10H12F3N5.C5H10O2/c1-5(2)3-7-16-8(10(11,12)13)6-4-15-9(14)17-18(6)7;6-5-2-1-3-7-4-5/h4-5H,3H2,1-2H3,(H2,14,17);5-6H,1-4H2. The third-order valence-corrected chi connectivity index (χ3v) is 3.47. The summed E-state index contributed by atoms with van der Waals surface area (Å²) < 4.78 is 44.5. The number of rotatable bonds is 2. The molecule has 1 aliphatic heterocycles. The van der Waals surface area contributed by atoms with E-state index in [0.29, 0.717) is 13.0 Å². The summed E-state index contributed by atoms with van der Waals surface area (Å²) in [6.45, 7) is 5.15. The van der Waals surface area contributed by atoms with E-state index in [9.17, 15) is 13.2 Å². The van der Waals surface area contributed by atoms with Crippen molar-refractivity contribution < 1.29 is 23.0 Å². The van der Waals surface area contributed by atoms with Crippen molar-refractivity contribution in [3.05, 3.63) is 17.7 Å². The molecule has 1 fully saturated rings. The van der Waals surface area contributed by atoms with Crippen LogP contribution in [0.5, 0.6) is 0 Å². The van der Waals surface area contributed by atoms with Crippen LogP contribution in [0.3, 0.4) is 0 Å². The molecule has 0 bridgehead atoms. The highest BCUT2D eigenvalue weighted by Crippen LogP contribution is 2.32. The number of hydrogen-bond acceptors (Lipinski definition) is 6. The Balaban J connectivity index is 0.000000269. The summed E-state index contributed by atoms with van der Waals surface area (Å²) in [7, 11) is 0. The number of nitrogens with two attached hydrogens (primary N) is 1. The van der Waals surface area contributed by atoms with E-state index in [1.165, 1.54) is 0 Å². The van der Waals surface area contributed by atoms with Crippen molar-refractivity contribution in [2.45, 2.75) is 45.4 Å². The molecular formula is C15H22F3N5O2. The van der Waals surface area contributed by atoms with Gasteiger partial charge in [-0.25, -0.2) is 14.5 Å². The molecule has 0 spiro atoms. The van der Waals surface area contributed by atoms with Crippen LogP contribution in [0.1, 0.15) is 38.2 Å². The normalized spacial score (nSPS) is 18.3. The molecule has 3 heterocycles. The Morgan fingerprint density at radius 3 is 2.64 bits per heavy atom. The Morgan fingerprint density at radius 2 is 2.16 bits per heavy atom. The van der Waals surface area contributed by atoms with Gasteiger partial charge in [0.15, 0.2) is 5.69 Å². The molecule has 1 saturated heterocycles. The maximum Gasteiger partial charge on any atom is 0.435 e. The Hall–Kier alpha value is -1.94. The van der Waals surface area contributed by atoms with Crippen molar-refractivity contribution in [2.24, 2.45) is 5.92 Å². The summed E-state index contributed by atoms with van der Waals surface area (Å²) in [6.07, 6.45) is -1.36. The highest BCUT2D eigenvalue weighted by Gasteiger charge is 2.37. The minimum Gasteiger partial charge on any atom is -0.391 e. The Morgan fingerprint density at radius 1 is 1.44 bits per heavy atom. The van der Waals surface area contributed by atoms with Crippen molar-refractivity contribution in [1.29, 1.82) is 0 Å². The topological polar surface area (TPSA) is 98.6 Å². The number of nitrogens with zero attached hydrogens (tertiary/aromatic N) is 4. The minimum atomic E-state index is -4.53. The molecule has 1 unspecified atom stereocenters. The van der Waals surface area contributed by atoms with Crippen LogP contribution in [0.15, 0.2) is 6.20 Å². The lowest BCUT2D eigenvalue weighted by Crippen LogP contribution is -2.21. The predicted octanol–water partition coefficient (Wildman–Crippen LogP) is 2.08. The first kappa shape index (κ1) is 19.4. The maximum absolute atomic E-state index is 12.8. The molecule has 0 saturated carbocycles. The molecule has 7 nitrogen and oxygen atoms in total. The first-order valence-corrected chi connectivity index (χ1v) is 8.01. The van der Waals surface area contributed by atoms with E-state index >= 15 is 0 Å². The quantitative estimate of drug-likeness (QED) is 0.850. The van der Waals surface area contributed by atoms with Gasteiger partial charge in [0.05, 0.1) is 18.9 Å². The maximum atomic E-state index is 12.8. The summed E-state index contributed by atoms with van der Waals surface area (Å²) >= 11 is 0. The molecule has 2 aromatic heterocycles. The number of aromatic nitrogens is 4. The van der Waals surface area contributed by atoms with Gasteiger partial charge in [-0.3, -0.25) is 0 Å². The first-order chi connectivity index (χ1) is 11.7. The monoisotopic (exact) mass is 361 g/mol. The number of anilines is 1. The average Bonchev–Trinajstić information content (AvgIpc) is 2.86. The number of halogens is 3. The van der Waals surface area contributed by atoms with E-state index in [4.69, 9.17) is 15.6 Å². The van der Waals surface area contributed by atoms with Crippen molar-refractivity contribution in [3.8, 4) is 0 Å². The molecule has 1 aliphatic rings. The van der Waals surface area contributed by atoms with E-state index < -0.39 is 11.9 Å². The lowest BCUT2D eigenvalue weighted by Gasteiger charge is -2.15. The van der Waals surface area contributed by atoms with E-state index in [2.05, 4.69) is 15.1 Å². The average molecular weight is 361 g/mol. The lowest BCUT2D eigenvalue weighted by molar-refractivity contribution is -0.139. The number of imidazole rings is 1. The Kier molecular flexibility index (Phi) is 6.17. The molecule has 1 atom stereocenters. The van der Waals surface area contributed by atoms with E-state index in [1.807, 2.05) is 13.8 Å². The predicted molar refractivity (Wildman–Crippen MR) is 84.8 cm³/mol. The van der Waals surface area contributed by atoms with Gasteiger partial charge in [0.1, 0.15) is 11.3 Å². The number of ether oxygens (including phenoxy) is 1. The SMILES string of the molecule is CC(C)Cc1nc(C(F)(F)F)c2cnc(N)nn12.OC1CCCOC1. The second kappa shape index (κ2) is 7.96. The third kappa shape index (κ3) is 5.27. The summed E-state index contributed by atoms with van der Waals surface area (Å²) in [6, 6.07) is 0. The number of alkyl halides is 3. The molecule has 0 aromatic carbocycles. The molecule has 140 valence electrons. The summed E-state index contributed by atoms with van der Waals surface area (Å²) in [5, 5.41) is 12.6. The van der Waals surface area contributed by atoms with Crippen LogP contribution in [-0.4, -0.2) is 44.0 Å². The zero-order valence-corrected chi connectivity index (χ0v) is 14.1. The van der Waals surface area contributed by atoms with Crippen molar-refractivity contribution >= 4 is 11.5 Å². The van der Waals surface area contributed by atoms with Crippen LogP contribution in [0.2, 0.25) is 0 Å². The number of nitrogen functional groups attached to an aromatic ring is 1. The second-order valence-corrected chi connectivity index (χ2v) is 6.26. The van der Waals surface area contributed by atoms with Crippen LogP contribution < -0.4 is 5.73 Å². The molecule has 2 aromatic rings. The van der Waals surface area contributed by atoms with Crippen LogP contribution in [0, 0.1) is 5.92 Å². The third-order valence-electron chi connectivity index (χ3n) is 3.47. The highest BCUT2D eigenvalue weighted by molar-refractivity contribution is 5.52. The van der Waals surface area contributed by atoms with E-state index in [0.717, 1.165) is 30.2 Å². The minimum absolute atomic E-state index is 0.0846. The van der Waals surface area contributed by atoms with Gasteiger partial charge in [0.2, 0.25) is 5.95 Å². The van der Waals surface area contributed by atoms with Gasteiger partial charge in [-0.15, -0.1) is 5.10 Å². The smallest absolute Gasteiger partial charge is 0.391 e. The van der Waals surface area contributed by atoms with E-state index in [-0.39, 0.29) is 29.3 Å². The fourth-order valence-electron chi connectivity index (χ4n) is 2.39. The van der Waals surface area contributed by atoms with Crippen molar-refractivity contribution in [1.82, 2.24) is 19.6 Å². The van der Waals surface area contributed by atoms with Crippen molar-refractivity contribution in [2.75, 3.05) is 18.9 Å². The zero-order valence-electron chi connectivity index (χ0n) is 14.1. The molecule has 0 aliphatic carbocycles. The number of aliphatic hydroxyl groups is 1. The zero-order chi connectivity index (χ0) is 18.6. The fraction of sp³-hybridized carbons (Fsp3) is 0.667. The number of fused-ring (bicyclic) bond motifs is 1. The Bertz CT molecular complexity index is 696. The van der Waals surface area contributed by atoms with Gasteiger partial charge >= 0.3 is 6.18 Å². The molecule has 3 rings (SSSR count). The first-order valence-electron chi connectivity index (χ1n) is 8.01. The molecule has 3 N–H and O–H groups in total. The van der Waals surface area contributed by atoms with Crippen LogP contribution >= 0.6 is 0 Å². The van der Waals surface area contributed by atoms with Gasteiger partial charge in [-0.05, 0) is 18.8 Å². The lowest BCUT2D eigenvalue weighted by atomic mass is 10.1. The molecule has 25 heavy (non-hydrogen) atoms. The Labute approximate surface area is 143 Å². The molecular weight excluding hydrogens is 339 g/mol. The molecule has 10 heteroatoms. The van der Waals surface area contributed by atoms with Gasteiger partial charge in [0, 0.05) is 13.0 Å². The van der Waals surface area contributed by atoms with Crippen LogP contribution in [0.25, 0.3) is 5.52 Å². The summed E-state index contributed by atoms with van der Waals surface area (Å²) in [5.41, 5.74) is 4.24. The van der Waals surface area contributed by atoms with Crippen LogP contribution in [-0.2, 0) is 17.3 Å². The number of aliphatic hydroxyl groups excluding tert-OH is 1. The fourth-order valence-corrected chi connectivity index (χ4v) is 2.39. The molecule has 0 amide bonds. The number of hydrogen-bond donors (Lipinski definition) is 2. The van der Waals surface area contributed by atoms with Gasteiger partial charge in [-0.2, -0.15) is 13.2 Å².